The standard InChI is InChI=1S/C14H27F3N4S.HI/c1-18-13(20-11-5-6-12(9-11)22-3)19-7-4-8-21(2)10-14(15,16)17;/h11-12H,4-10H2,1-3H3,(H2,18,19,20);1H. The van der Waals surface area contributed by atoms with E-state index in [0.717, 1.165) is 18.8 Å². The van der Waals surface area contributed by atoms with Crippen LogP contribution in [0.15, 0.2) is 4.99 Å². The van der Waals surface area contributed by atoms with Crippen LogP contribution in [0.4, 0.5) is 13.2 Å². The molecule has 0 radical (unpaired) electrons. The molecule has 2 atom stereocenters. The summed E-state index contributed by atoms with van der Waals surface area (Å²) in [5.74, 6) is 0.741. The fourth-order valence-corrected chi connectivity index (χ4v) is 3.41. The Balaban J connectivity index is 0.00000484. The number of guanidine groups is 1. The molecule has 0 amide bonds. The minimum absolute atomic E-state index is 0. The third kappa shape index (κ3) is 10.5. The van der Waals surface area contributed by atoms with Crippen LogP contribution >= 0.6 is 35.7 Å². The zero-order chi connectivity index (χ0) is 16.6. The third-order valence-corrected chi connectivity index (χ3v) is 4.84. The van der Waals surface area contributed by atoms with E-state index in [9.17, 15) is 13.2 Å². The maximum absolute atomic E-state index is 12.2. The van der Waals surface area contributed by atoms with Crippen LogP contribution in [0.25, 0.3) is 0 Å². The molecule has 0 aromatic rings. The summed E-state index contributed by atoms with van der Waals surface area (Å²) >= 11 is 1.90. The van der Waals surface area contributed by atoms with Crippen molar-refractivity contribution in [2.24, 2.45) is 4.99 Å². The van der Waals surface area contributed by atoms with E-state index in [1.165, 1.54) is 18.4 Å². The van der Waals surface area contributed by atoms with Crippen LogP contribution in [0.1, 0.15) is 25.7 Å². The maximum Gasteiger partial charge on any atom is 0.401 e. The first kappa shape index (κ1) is 23.1. The second-order valence-corrected chi connectivity index (χ2v) is 6.86. The molecule has 0 spiro atoms. The largest absolute Gasteiger partial charge is 0.401 e. The predicted molar refractivity (Wildman–Crippen MR) is 103 cm³/mol. The molecular weight excluding hydrogens is 440 g/mol. The van der Waals surface area contributed by atoms with Crippen molar-refractivity contribution < 1.29 is 13.2 Å². The van der Waals surface area contributed by atoms with Crippen LogP contribution in [0.5, 0.6) is 0 Å². The van der Waals surface area contributed by atoms with Gasteiger partial charge < -0.3 is 10.6 Å². The smallest absolute Gasteiger partial charge is 0.356 e. The van der Waals surface area contributed by atoms with Gasteiger partial charge in [-0.15, -0.1) is 24.0 Å². The Morgan fingerprint density at radius 2 is 2.04 bits per heavy atom. The van der Waals surface area contributed by atoms with Gasteiger partial charge in [0.15, 0.2) is 5.96 Å². The van der Waals surface area contributed by atoms with Gasteiger partial charge in [-0.3, -0.25) is 9.89 Å². The minimum atomic E-state index is -4.13. The first-order valence-electron chi connectivity index (χ1n) is 7.59. The number of nitrogens with one attached hydrogen (secondary N) is 2. The quantitative estimate of drug-likeness (QED) is 0.261. The number of halogens is 4. The van der Waals surface area contributed by atoms with Crippen LogP contribution < -0.4 is 10.6 Å². The summed E-state index contributed by atoms with van der Waals surface area (Å²) in [5.41, 5.74) is 0. The van der Waals surface area contributed by atoms with Crippen LogP contribution in [0, 0.1) is 0 Å². The van der Waals surface area contributed by atoms with E-state index in [0.29, 0.717) is 30.8 Å². The maximum atomic E-state index is 12.2. The molecule has 23 heavy (non-hydrogen) atoms. The molecule has 0 aromatic heterocycles. The van der Waals surface area contributed by atoms with Crippen molar-refractivity contribution in [3.05, 3.63) is 0 Å². The summed E-state index contributed by atoms with van der Waals surface area (Å²) in [6.07, 6.45) is 2.15. The molecule has 138 valence electrons. The van der Waals surface area contributed by atoms with E-state index in [4.69, 9.17) is 0 Å². The van der Waals surface area contributed by atoms with Crippen molar-refractivity contribution in [2.45, 2.75) is 43.2 Å². The molecule has 1 fully saturated rings. The molecule has 0 heterocycles. The summed E-state index contributed by atoms with van der Waals surface area (Å²) in [6.45, 7) is 0.153. The molecule has 1 saturated carbocycles. The van der Waals surface area contributed by atoms with E-state index in [1.807, 2.05) is 11.8 Å². The number of hydrogen-bond donors (Lipinski definition) is 2. The van der Waals surface area contributed by atoms with Crippen molar-refractivity contribution in [3.8, 4) is 0 Å². The van der Waals surface area contributed by atoms with Crippen LogP contribution in [-0.2, 0) is 0 Å². The fourth-order valence-electron chi connectivity index (χ4n) is 2.61. The Morgan fingerprint density at radius 1 is 1.35 bits per heavy atom. The number of thioether (sulfide) groups is 1. The monoisotopic (exact) mass is 468 g/mol. The van der Waals surface area contributed by atoms with Gasteiger partial charge >= 0.3 is 6.18 Å². The lowest BCUT2D eigenvalue weighted by atomic mass is 10.2. The second-order valence-electron chi connectivity index (χ2n) is 5.72. The molecule has 0 aromatic carbocycles. The molecule has 0 bridgehead atoms. The van der Waals surface area contributed by atoms with Gasteiger partial charge in [0, 0.05) is 24.9 Å². The highest BCUT2D eigenvalue weighted by Gasteiger charge is 2.28. The number of hydrogen-bond acceptors (Lipinski definition) is 3. The predicted octanol–water partition coefficient (Wildman–Crippen LogP) is 2.94. The summed E-state index contributed by atoms with van der Waals surface area (Å²) in [5, 5.41) is 7.27. The minimum Gasteiger partial charge on any atom is -0.356 e. The number of rotatable bonds is 7. The highest BCUT2D eigenvalue weighted by molar-refractivity contribution is 14.0. The average Bonchev–Trinajstić information content (AvgIpc) is 2.88. The molecule has 9 heteroatoms. The topological polar surface area (TPSA) is 39.7 Å². The molecule has 0 saturated heterocycles. The van der Waals surface area contributed by atoms with E-state index in [-0.39, 0.29) is 24.0 Å². The van der Waals surface area contributed by atoms with Crippen molar-refractivity contribution in [3.63, 3.8) is 0 Å². The molecule has 0 aliphatic heterocycles. The van der Waals surface area contributed by atoms with Gasteiger partial charge in [0.2, 0.25) is 0 Å². The van der Waals surface area contributed by atoms with E-state index in [2.05, 4.69) is 21.9 Å². The number of nitrogens with zero attached hydrogens (tertiary/aromatic N) is 2. The molecule has 1 aliphatic rings. The van der Waals surface area contributed by atoms with Crippen LogP contribution in [0.3, 0.4) is 0 Å². The normalized spacial score (nSPS) is 22.1. The Hall–Kier alpha value is 0.1000. The van der Waals surface area contributed by atoms with Gasteiger partial charge in [0.05, 0.1) is 6.54 Å². The summed E-state index contributed by atoms with van der Waals surface area (Å²) in [4.78, 5) is 5.46. The second kappa shape index (κ2) is 11.6. The first-order valence-corrected chi connectivity index (χ1v) is 8.88. The molecule has 2 unspecified atom stereocenters. The van der Waals surface area contributed by atoms with Crippen LogP contribution in [0.2, 0.25) is 0 Å². The zero-order valence-corrected chi connectivity index (χ0v) is 17.1. The van der Waals surface area contributed by atoms with Gasteiger partial charge in [-0.05, 0) is 45.5 Å². The van der Waals surface area contributed by atoms with Crippen molar-refractivity contribution in [1.29, 1.82) is 0 Å². The Labute approximate surface area is 158 Å². The third-order valence-electron chi connectivity index (χ3n) is 3.74. The van der Waals surface area contributed by atoms with Crippen molar-refractivity contribution in [2.75, 3.05) is 40.0 Å². The number of aliphatic imine (C=N–C) groups is 1. The molecule has 1 rings (SSSR count). The Bertz CT molecular complexity index is 355. The fraction of sp³-hybridized carbons (Fsp3) is 0.929. The van der Waals surface area contributed by atoms with E-state index >= 15 is 0 Å². The average molecular weight is 468 g/mol. The van der Waals surface area contributed by atoms with Gasteiger partial charge in [-0.25, -0.2) is 0 Å². The molecule has 2 N–H and O–H groups in total. The van der Waals surface area contributed by atoms with Gasteiger partial charge in [-0.1, -0.05) is 0 Å². The molecule has 1 aliphatic carbocycles. The van der Waals surface area contributed by atoms with Gasteiger partial charge in [0.25, 0.3) is 0 Å². The first-order chi connectivity index (χ1) is 10.3. The molecular formula is C14H28F3IN4S. The van der Waals surface area contributed by atoms with Crippen molar-refractivity contribution in [1.82, 2.24) is 15.5 Å². The lowest BCUT2D eigenvalue weighted by molar-refractivity contribution is -0.143. The SMILES string of the molecule is CN=C(NCCCN(C)CC(F)(F)F)NC1CCC(SC)C1.I. The lowest BCUT2D eigenvalue weighted by Crippen LogP contribution is -2.43. The van der Waals surface area contributed by atoms with Crippen LogP contribution in [-0.4, -0.2) is 68.3 Å². The molecule has 4 nitrogen and oxygen atoms in total. The Kier molecular flexibility index (Phi) is 11.7. The highest BCUT2D eigenvalue weighted by atomic mass is 127. The summed E-state index contributed by atoms with van der Waals surface area (Å²) in [6, 6.07) is 0.441. The lowest BCUT2D eigenvalue weighted by Gasteiger charge is -2.20. The van der Waals surface area contributed by atoms with E-state index in [1.54, 1.807) is 7.05 Å². The van der Waals surface area contributed by atoms with E-state index < -0.39 is 12.7 Å². The van der Waals surface area contributed by atoms with Crippen molar-refractivity contribution >= 4 is 41.7 Å². The van der Waals surface area contributed by atoms with Gasteiger partial charge in [0.1, 0.15) is 0 Å². The summed E-state index contributed by atoms with van der Waals surface area (Å²) in [7, 11) is 3.20. The Morgan fingerprint density at radius 3 is 2.57 bits per heavy atom. The van der Waals surface area contributed by atoms with Gasteiger partial charge in [-0.2, -0.15) is 24.9 Å². The highest BCUT2D eigenvalue weighted by Crippen LogP contribution is 2.27. The number of alkyl halides is 3. The summed E-state index contributed by atoms with van der Waals surface area (Å²) < 4.78 is 36.6. The zero-order valence-electron chi connectivity index (χ0n) is 13.9.